The first-order valence-electron chi connectivity index (χ1n) is 8.46. The lowest BCUT2D eigenvalue weighted by molar-refractivity contribution is -0.131. The van der Waals surface area contributed by atoms with Crippen LogP contribution < -0.4 is 0 Å². The van der Waals surface area contributed by atoms with Crippen LogP contribution in [0.1, 0.15) is 32.1 Å². The predicted octanol–water partition coefficient (Wildman–Crippen LogP) is 4.59. The molecular weight excluding hydrogens is 350 g/mol. The maximum absolute atomic E-state index is 12.6. The molecule has 1 aliphatic rings. The van der Waals surface area contributed by atoms with E-state index in [9.17, 15) is 10.1 Å². The van der Waals surface area contributed by atoms with Crippen molar-refractivity contribution >= 4 is 29.0 Å². The molecule has 0 saturated heterocycles. The SMILES string of the molecule is CN(C(=O)CSc1nc(-c2ccccc2)cs1)C1(C#N)CCCCC1. The highest BCUT2D eigenvalue weighted by atomic mass is 32.2. The number of thioether (sulfide) groups is 1. The van der Waals surface area contributed by atoms with Gasteiger partial charge in [-0.3, -0.25) is 4.79 Å². The summed E-state index contributed by atoms with van der Waals surface area (Å²) in [5, 5.41) is 11.6. The van der Waals surface area contributed by atoms with Gasteiger partial charge in [0.15, 0.2) is 4.34 Å². The Morgan fingerprint density at radius 1 is 1.32 bits per heavy atom. The molecule has 0 bridgehead atoms. The van der Waals surface area contributed by atoms with E-state index < -0.39 is 5.54 Å². The fraction of sp³-hybridized carbons (Fsp3) is 0.421. The van der Waals surface area contributed by atoms with Gasteiger partial charge in [-0.2, -0.15) is 5.26 Å². The Morgan fingerprint density at radius 3 is 2.72 bits per heavy atom. The van der Waals surface area contributed by atoms with Gasteiger partial charge < -0.3 is 4.90 Å². The minimum Gasteiger partial charge on any atom is -0.326 e. The van der Waals surface area contributed by atoms with Gasteiger partial charge in [0.05, 0.1) is 17.5 Å². The third kappa shape index (κ3) is 4.05. The third-order valence-electron chi connectivity index (χ3n) is 4.78. The highest BCUT2D eigenvalue weighted by Crippen LogP contribution is 2.34. The lowest BCUT2D eigenvalue weighted by Crippen LogP contribution is -2.50. The molecule has 0 aliphatic heterocycles. The average molecular weight is 372 g/mol. The Balaban J connectivity index is 1.61. The van der Waals surface area contributed by atoms with Gasteiger partial charge in [-0.15, -0.1) is 11.3 Å². The number of carbonyl (C=O) groups excluding carboxylic acids is 1. The Morgan fingerprint density at radius 2 is 2.04 bits per heavy atom. The van der Waals surface area contributed by atoms with E-state index in [2.05, 4.69) is 11.1 Å². The minimum atomic E-state index is -0.617. The molecule has 1 aliphatic carbocycles. The Hall–Kier alpha value is -1.84. The van der Waals surface area contributed by atoms with E-state index in [0.717, 1.165) is 47.7 Å². The number of benzene rings is 1. The molecule has 1 fully saturated rings. The Kier molecular flexibility index (Phi) is 5.77. The predicted molar refractivity (Wildman–Crippen MR) is 102 cm³/mol. The molecule has 0 N–H and O–H groups in total. The summed E-state index contributed by atoms with van der Waals surface area (Å²) in [6.45, 7) is 0. The maximum atomic E-state index is 12.6. The molecule has 1 saturated carbocycles. The van der Waals surface area contributed by atoms with Crippen LogP contribution in [0.15, 0.2) is 40.1 Å². The molecule has 6 heteroatoms. The van der Waals surface area contributed by atoms with Crippen molar-refractivity contribution in [1.29, 1.82) is 5.26 Å². The van der Waals surface area contributed by atoms with Crippen molar-refractivity contribution in [3.8, 4) is 17.3 Å². The summed E-state index contributed by atoms with van der Waals surface area (Å²) >= 11 is 3.01. The van der Waals surface area contributed by atoms with Gasteiger partial charge in [-0.25, -0.2) is 4.98 Å². The van der Waals surface area contributed by atoms with Gasteiger partial charge in [0.2, 0.25) is 5.91 Å². The highest BCUT2D eigenvalue weighted by molar-refractivity contribution is 8.01. The second kappa shape index (κ2) is 8.03. The average Bonchev–Trinajstić information content (AvgIpc) is 3.16. The molecule has 2 aromatic rings. The zero-order chi connectivity index (χ0) is 17.7. The molecule has 1 amide bonds. The third-order valence-corrected chi connectivity index (χ3v) is 6.78. The van der Waals surface area contributed by atoms with Gasteiger partial charge in [0.1, 0.15) is 5.54 Å². The van der Waals surface area contributed by atoms with Crippen molar-refractivity contribution in [2.75, 3.05) is 12.8 Å². The van der Waals surface area contributed by atoms with Crippen LogP contribution in [0.4, 0.5) is 0 Å². The lowest BCUT2D eigenvalue weighted by Gasteiger charge is -2.39. The molecule has 3 rings (SSSR count). The smallest absolute Gasteiger partial charge is 0.234 e. The van der Waals surface area contributed by atoms with Gasteiger partial charge in [0, 0.05) is 18.0 Å². The van der Waals surface area contributed by atoms with E-state index in [1.807, 2.05) is 35.7 Å². The van der Waals surface area contributed by atoms with E-state index in [4.69, 9.17) is 0 Å². The number of hydrogen-bond acceptors (Lipinski definition) is 5. The number of thiazole rings is 1. The molecule has 1 heterocycles. The summed E-state index contributed by atoms with van der Waals surface area (Å²) in [5.74, 6) is 0.326. The second-order valence-corrected chi connectivity index (χ2v) is 8.39. The van der Waals surface area contributed by atoms with Crippen LogP contribution in [-0.4, -0.2) is 34.1 Å². The molecule has 1 aromatic carbocycles. The van der Waals surface area contributed by atoms with Crippen LogP contribution in [0, 0.1) is 11.3 Å². The quantitative estimate of drug-likeness (QED) is 0.722. The second-order valence-electron chi connectivity index (χ2n) is 6.31. The largest absolute Gasteiger partial charge is 0.326 e. The summed E-state index contributed by atoms with van der Waals surface area (Å²) in [6.07, 6.45) is 4.76. The number of amides is 1. The molecule has 1 aromatic heterocycles. The molecule has 130 valence electrons. The Labute approximate surface area is 156 Å². The molecule has 25 heavy (non-hydrogen) atoms. The van der Waals surface area contributed by atoms with E-state index >= 15 is 0 Å². The van der Waals surface area contributed by atoms with Crippen molar-refractivity contribution in [3.63, 3.8) is 0 Å². The first kappa shape index (κ1) is 18.0. The van der Waals surface area contributed by atoms with Crippen molar-refractivity contribution < 1.29 is 4.79 Å². The van der Waals surface area contributed by atoms with Gasteiger partial charge >= 0.3 is 0 Å². The molecule has 0 atom stereocenters. The normalized spacial score (nSPS) is 16.2. The van der Waals surface area contributed by atoms with Gasteiger partial charge in [-0.1, -0.05) is 61.4 Å². The van der Waals surface area contributed by atoms with E-state index in [1.54, 1.807) is 23.3 Å². The van der Waals surface area contributed by atoms with E-state index in [0.29, 0.717) is 5.75 Å². The monoisotopic (exact) mass is 371 g/mol. The fourth-order valence-corrected chi connectivity index (χ4v) is 4.93. The van der Waals surface area contributed by atoms with Gasteiger partial charge in [-0.05, 0) is 12.8 Å². The summed E-state index contributed by atoms with van der Waals surface area (Å²) in [6, 6.07) is 12.4. The summed E-state index contributed by atoms with van der Waals surface area (Å²) in [7, 11) is 1.77. The lowest BCUT2D eigenvalue weighted by atomic mass is 9.81. The number of carbonyl (C=O) groups is 1. The molecular formula is C19H21N3OS2. The first-order valence-corrected chi connectivity index (χ1v) is 10.3. The molecule has 4 nitrogen and oxygen atoms in total. The number of nitrogens with zero attached hydrogens (tertiary/aromatic N) is 3. The van der Waals surface area contributed by atoms with Crippen LogP contribution in [0.25, 0.3) is 11.3 Å². The van der Waals surface area contributed by atoms with Crippen LogP contribution in [0.2, 0.25) is 0 Å². The van der Waals surface area contributed by atoms with Crippen LogP contribution >= 0.6 is 23.1 Å². The maximum Gasteiger partial charge on any atom is 0.234 e. The van der Waals surface area contributed by atoms with Crippen LogP contribution in [-0.2, 0) is 4.79 Å². The summed E-state index contributed by atoms with van der Waals surface area (Å²) in [5.41, 5.74) is 1.41. The van der Waals surface area contributed by atoms with Gasteiger partial charge in [0.25, 0.3) is 0 Å². The molecule has 0 spiro atoms. The molecule has 0 radical (unpaired) electrons. The minimum absolute atomic E-state index is 0.00455. The Bertz CT molecular complexity index is 760. The van der Waals surface area contributed by atoms with Crippen molar-refractivity contribution in [2.45, 2.75) is 42.0 Å². The molecule has 0 unspecified atom stereocenters. The zero-order valence-electron chi connectivity index (χ0n) is 14.3. The summed E-state index contributed by atoms with van der Waals surface area (Å²) in [4.78, 5) is 18.9. The van der Waals surface area contributed by atoms with Crippen molar-refractivity contribution in [1.82, 2.24) is 9.88 Å². The van der Waals surface area contributed by atoms with Crippen LogP contribution in [0.5, 0.6) is 0 Å². The number of aromatic nitrogens is 1. The number of hydrogen-bond donors (Lipinski definition) is 0. The van der Waals surface area contributed by atoms with Crippen molar-refractivity contribution in [3.05, 3.63) is 35.7 Å². The first-order chi connectivity index (χ1) is 12.1. The standard InChI is InChI=1S/C19H21N3OS2/c1-22(19(14-20)10-6-3-7-11-19)17(23)13-25-18-21-16(12-24-18)15-8-4-2-5-9-15/h2,4-5,8-9,12H,3,6-7,10-11,13H2,1H3. The zero-order valence-corrected chi connectivity index (χ0v) is 15.9. The van der Waals surface area contributed by atoms with Crippen LogP contribution in [0.3, 0.4) is 0 Å². The topological polar surface area (TPSA) is 57.0 Å². The number of rotatable bonds is 5. The fourth-order valence-electron chi connectivity index (χ4n) is 3.18. The van der Waals surface area contributed by atoms with E-state index in [1.165, 1.54) is 11.8 Å². The van der Waals surface area contributed by atoms with E-state index in [-0.39, 0.29) is 5.91 Å². The van der Waals surface area contributed by atoms with Crippen molar-refractivity contribution in [2.24, 2.45) is 0 Å². The highest BCUT2D eigenvalue weighted by Gasteiger charge is 2.38. The number of nitriles is 1. The summed E-state index contributed by atoms with van der Waals surface area (Å²) < 4.78 is 0.884.